The smallest absolute Gasteiger partial charge is 0.237 e. The van der Waals surface area contributed by atoms with Crippen molar-refractivity contribution in [2.75, 3.05) is 6.61 Å². The highest BCUT2D eigenvalue weighted by Gasteiger charge is 2.24. The summed E-state index contributed by atoms with van der Waals surface area (Å²) < 4.78 is 5.69. The maximum Gasteiger partial charge on any atom is 0.237 e. The van der Waals surface area contributed by atoms with Crippen LogP contribution in [-0.4, -0.2) is 23.0 Å². The van der Waals surface area contributed by atoms with Crippen LogP contribution < -0.4 is 16.2 Å². The Morgan fingerprint density at radius 1 is 1.33 bits per heavy atom. The summed E-state index contributed by atoms with van der Waals surface area (Å²) in [6.07, 6.45) is 3.94. The number of nitrogens with zero attached hydrogens (tertiary/aromatic N) is 1. The molecule has 1 heterocycles. The second kappa shape index (κ2) is 6.54. The van der Waals surface area contributed by atoms with Gasteiger partial charge in [0, 0.05) is 17.6 Å². The molecule has 0 saturated carbocycles. The van der Waals surface area contributed by atoms with Crippen LogP contribution in [-0.2, 0) is 4.79 Å². The van der Waals surface area contributed by atoms with Crippen molar-refractivity contribution in [1.29, 1.82) is 0 Å². The zero-order valence-corrected chi connectivity index (χ0v) is 12.2. The molecule has 0 spiro atoms. The number of unbranched alkanes of at least 4 members (excludes halogenated alkanes) is 1. The first-order chi connectivity index (χ1) is 9.99. The molecule has 0 aliphatic heterocycles. The van der Waals surface area contributed by atoms with Crippen molar-refractivity contribution >= 4 is 16.8 Å². The number of fused-ring (bicyclic) bond motifs is 1. The van der Waals surface area contributed by atoms with Crippen LogP contribution in [0.4, 0.5) is 0 Å². The highest BCUT2D eigenvalue weighted by molar-refractivity contribution is 5.83. The maximum absolute atomic E-state index is 11.1. The van der Waals surface area contributed by atoms with Crippen LogP contribution in [0.1, 0.15) is 26.2 Å². The zero-order chi connectivity index (χ0) is 15.3. The number of rotatable bonds is 7. The van der Waals surface area contributed by atoms with Crippen molar-refractivity contribution < 1.29 is 9.53 Å². The van der Waals surface area contributed by atoms with Gasteiger partial charge in [-0.25, -0.2) is 0 Å². The summed E-state index contributed by atoms with van der Waals surface area (Å²) in [4.78, 5) is 15.4. The highest BCUT2D eigenvalue weighted by atomic mass is 16.5. The van der Waals surface area contributed by atoms with Crippen LogP contribution in [0.3, 0.4) is 0 Å². The lowest BCUT2D eigenvalue weighted by molar-refractivity contribution is -0.122. The molecule has 1 unspecified atom stereocenters. The van der Waals surface area contributed by atoms with Gasteiger partial charge in [0.2, 0.25) is 5.91 Å². The van der Waals surface area contributed by atoms with Gasteiger partial charge in [-0.2, -0.15) is 0 Å². The quantitative estimate of drug-likeness (QED) is 0.762. The van der Waals surface area contributed by atoms with Gasteiger partial charge in [-0.1, -0.05) is 6.07 Å². The third-order valence-corrected chi connectivity index (χ3v) is 3.50. The Morgan fingerprint density at radius 3 is 2.90 bits per heavy atom. The lowest BCUT2D eigenvalue weighted by atomic mass is 9.96. The van der Waals surface area contributed by atoms with Crippen LogP contribution in [0.5, 0.6) is 5.75 Å². The first-order valence-corrected chi connectivity index (χ1v) is 7.05. The topological polar surface area (TPSA) is 91.2 Å². The summed E-state index contributed by atoms with van der Waals surface area (Å²) in [7, 11) is 0. The van der Waals surface area contributed by atoms with Crippen LogP contribution in [0.25, 0.3) is 10.9 Å². The van der Waals surface area contributed by atoms with E-state index in [1.165, 1.54) is 0 Å². The fourth-order valence-corrected chi connectivity index (χ4v) is 2.04. The molecule has 5 nitrogen and oxygen atoms in total. The predicted octanol–water partition coefficient (Wildman–Crippen LogP) is 1.99. The van der Waals surface area contributed by atoms with E-state index in [0.717, 1.165) is 29.5 Å². The molecule has 1 atom stereocenters. The Bertz CT molecular complexity index is 626. The molecular weight excluding hydrogens is 266 g/mol. The number of hydrogen-bond acceptors (Lipinski definition) is 4. The van der Waals surface area contributed by atoms with Gasteiger partial charge in [0.25, 0.3) is 0 Å². The van der Waals surface area contributed by atoms with Crippen LogP contribution in [0.2, 0.25) is 0 Å². The second-order valence-corrected chi connectivity index (χ2v) is 5.45. The lowest BCUT2D eigenvalue weighted by Crippen LogP contribution is -2.49. The van der Waals surface area contributed by atoms with Crippen LogP contribution in [0.15, 0.2) is 36.5 Å². The fraction of sp³-hybridized carbons (Fsp3) is 0.375. The first kappa shape index (κ1) is 15.3. The largest absolute Gasteiger partial charge is 0.494 e. The molecule has 2 aromatic rings. The van der Waals surface area contributed by atoms with Crippen molar-refractivity contribution in [2.24, 2.45) is 11.5 Å². The molecule has 0 aliphatic rings. The molecule has 112 valence electrons. The number of benzene rings is 1. The van der Waals surface area contributed by atoms with Crippen LogP contribution in [0, 0.1) is 0 Å². The number of nitrogens with two attached hydrogens (primary N) is 2. The summed E-state index contributed by atoms with van der Waals surface area (Å²) in [5, 5.41) is 1.09. The maximum atomic E-state index is 11.1. The molecule has 1 aromatic heterocycles. The average molecular weight is 287 g/mol. The Morgan fingerprint density at radius 2 is 2.14 bits per heavy atom. The zero-order valence-electron chi connectivity index (χ0n) is 12.2. The molecule has 2 rings (SSSR count). The number of aromatic nitrogens is 1. The number of pyridine rings is 1. The first-order valence-electron chi connectivity index (χ1n) is 7.05. The van der Waals surface area contributed by atoms with E-state index in [-0.39, 0.29) is 0 Å². The van der Waals surface area contributed by atoms with Crippen molar-refractivity contribution in [3.8, 4) is 5.75 Å². The molecule has 21 heavy (non-hydrogen) atoms. The third-order valence-electron chi connectivity index (χ3n) is 3.50. The number of ether oxygens (including phenoxy) is 1. The Balaban J connectivity index is 1.79. The molecule has 0 radical (unpaired) electrons. The molecule has 0 fully saturated rings. The molecule has 1 amide bonds. The van der Waals surface area contributed by atoms with E-state index in [9.17, 15) is 4.79 Å². The minimum Gasteiger partial charge on any atom is -0.494 e. The average Bonchev–Trinajstić information content (AvgIpc) is 2.46. The van der Waals surface area contributed by atoms with E-state index in [1.807, 2.05) is 30.3 Å². The normalized spacial score (nSPS) is 13.8. The molecule has 1 aromatic carbocycles. The van der Waals surface area contributed by atoms with Crippen LogP contribution >= 0.6 is 0 Å². The van der Waals surface area contributed by atoms with Gasteiger partial charge >= 0.3 is 0 Å². The van der Waals surface area contributed by atoms with E-state index in [4.69, 9.17) is 16.2 Å². The third kappa shape index (κ3) is 4.16. The Labute approximate surface area is 124 Å². The van der Waals surface area contributed by atoms with Crippen molar-refractivity contribution in [1.82, 2.24) is 4.98 Å². The summed E-state index contributed by atoms with van der Waals surface area (Å²) in [5.74, 6) is 0.329. The number of hydrogen-bond donors (Lipinski definition) is 2. The number of carbonyl (C=O) groups is 1. The standard InChI is InChI=1S/C16H21N3O2/c1-16(18,15(17)20)8-2-3-10-21-13-7-6-12-5-4-9-19-14(12)11-13/h4-7,9,11H,2-3,8,10,18H2,1H3,(H2,17,20). The Kier molecular flexibility index (Phi) is 4.75. The van der Waals surface area contributed by atoms with E-state index < -0.39 is 11.4 Å². The number of carbonyl (C=O) groups excluding carboxylic acids is 1. The van der Waals surface area contributed by atoms with E-state index in [0.29, 0.717) is 13.0 Å². The predicted molar refractivity (Wildman–Crippen MR) is 82.9 cm³/mol. The molecule has 0 bridgehead atoms. The van der Waals surface area contributed by atoms with Gasteiger partial charge < -0.3 is 16.2 Å². The van der Waals surface area contributed by atoms with Crippen molar-refractivity contribution in [3.05, 3.63) is 36.5 Å². The van der Waals surface area contributed by atoms with Crippen molar-refractivity contribution in [3.63, 3.8) is 0 Å². The molecule has 0 aliphatic carbocycles. The minimum atomic E-state index is -0.938. The van der Waals surface area contributed by atoms with E-state index >= 15 is 0 Å². The fourth-order valence-electron chi connectivity index (χ4n) is 2.04. The molecule has 0 saturated heterocycles. The lowest BCUT2D eigenvalue weighted by Gasteiger charge is -2.19. The molecular formula is C16H21N3O2. The Hall–Kier alpha value is -2.14. The SMILES string of the molecule is CC(N)(CCCCOc1ccc2cccnc2c1)C(N)=O. The summed E-state index contributed by atoms with van der Waals surface area (Å²) in [6.45, 7) is 2.23. The van der Waals surface area contributed by atoms with Gasteiger partial charge in [-0.05, 0) is 44.4 Å². The van der Waals surface area contributed by atoms with Crippen molar-refractivity contribution in [2.45, 2.75) is 31.7 Å². The highest BCUT2D eigenvalue weighted by Crippen LogP contribution is 2.19. The van der Waals surface area contributed by atoms with E-state index in [2.05, 4.69) is 4.98 Å². The monoisotopic (exact) mass is 287 g/mol. The van der Waals surface area contributed by atoms with Gasteiger partial charge in [-0.15, -0.1) is 0 Å². The minimum absolute atomic E-state index is 0.468. The summed E-state index contributed by atoms with van der Waals surface area (Å²) in [6, 6.07) is 9.76. The van der Waals surface area contributed by atoms with Gasteiger partial charge in [0.15, 0.2) is 0 Å². The van der Waals surface area contributed by atoms with Gasteiger partial charge in [0.05, 0.1) is 17.7 Å². The summed E-state index contributed by atoms with van der Waals surface area (Å²) >= 11 is 0. The van der Waals surface area contributed by atoms with Gasteiger partial charge in [-0.3, -0.25) is 9.78 Å². The number of amides is 1. The number of primary amides is 1. The summed E-state index contributed by atoms with van der Waals surface area (Å²) in [5.41, 5.74) is 11.0. The molecule has 4 N–H and O–H groups in total. The second-order valence-electron chi connectivity index (χ2n) is 5.45. The van der Waals surface area contributed by atoms with E-state index in [1.54, 1.807) is 13.1 Å². The van der Waals surface area contributed by atoms with Gasteiger partial charge in [0.1, 0.15) is 5.75 Å². The molecule has 5 heteroatoms.